The summed E-state index contributed by atoms with van der Waals surface area (Å²) < 4.78 is 27.2. The number of pyridine rings is 1. The summed E-state index contributed by atoms with van der Waals surface area (Å²) >= 11 is 0. The van der Waals surface area contributed by atoms with Crippen molar-refractivity contribution in [3.63, 3.8) is 0 Å². The van der Waals surface area contributed by atoms with Gasteiger partial charge in [0.25, 0.3) is 0 Å². The molecule has 0 unspecified atom stereocenters. The number of fused-ring (bicyclic) bond motifs is 1. The number of benzene rings is 1. The second-order valence-electron chi connectivity index (χ2n) is 7.25. The smallest absolute Gasteiger partial charge is 0.242 e. The normalized spacial score (nSPS) is 16.7. The number of carbonyl (C=O) groups is 1. The van der Waals surface area contributed by atoms with Crippen LogP contribution in [0.15, 0.2) is 65.8 Å². The molecule has 0 radical (unpaired) electrons. The van der Waals surface area contributed by atoms with E-state index in [0.29, 0.717) is 12.8 Å². The SMILES string of the molecule is O=C(NCc1cnn2ccccc12)C1(S(=O)(=O)c2ccccc2)CCCCC1. The minimum absolute atomic E-state index is 0.211. The molecular formula is C21H23N3O3S. The first-order chi connectivity index (χ1) is 13.5. The number of nitrogens with zero attached hydrogens (tertiary/aromatic N) is 2. The molecule has 1 N–H and O–H groups in total. The van der Waals surface area contributed by atoms with Crippen LogP contribution in [0.25, 0.3) is 5.52 Å². The summed E-state index contributed by atoms with van der Waals surface area (Å²) in [4.78, 5) is 13.5. The van der Waals surface area contributed by atoms with Crippen LogP contribution in [0.4, 0.5) is 0 Å². The molecule has 1 aliphatic rings. The molecule has 2 heterocycles. The van der Waals surface area contributed by atoms with E-state index in [9.17, 15) is 13.2 Å². The standard InChI is InChI=1S/C21H23N3O3S/c25-20(22-15-17-16-23-24-14-8-5-11-19(17)24)21(12-6-2-7-13-21)28(26,27)18-9-3-1-4-10-18/h1,3-5,8-11,14,16H,2,6-7,12-13,15H2,(H,22,25). The highest BCUT2D eigenvalue weighted by atomic mass is 32.2. The predicted octanol–water partition coefficient (Wildman–Crippen LogP) is 3.13. The maximum Gasteiger partial charge on any atom is 0.242 e. The predicted molar refractivity (Wildman–Crippen MR) is 106 cm³/mol. The van der Waals surface area contributed by atoms with Crippen molar-refractivity contribution < 1.29 is 13.2 Å². The van der Waals surface area contributed by atoms with Crippen molar-refractivity contribution in [2.45, 2.75) is 48.3 Å². The highest BCUT2D eigenvalue weighted by Crippen LogP contribution is 2.39. The van der Waals surface area contributed by atoms with Crippen LogP contribution in [-0.2, 0) is 21.2 Å². The summed E-state index contributed by atoms with van der Waals surface area (Å²) in [5, 5.41) is 7.16. The van der Waals surface area contributed by atoms with E-state index in [1.165, 1.54) is 0 Å². The van der Waals surface area contributed by atoms with Crippen molar-refractivity contribution in [3.8, 4) is 0 Å². The lowest BCUT2D eigenvalue weighted by Crippen LogP contribution is -2.53. The zero-order valence-electron chi connectivity index (χ0n) is 15.5. The molecule has 6 nitrogen and oxygen atoms in total. The van der Waals surface area contributed by atoms with E-state index in [2.05, 4.69) is 10.4 Å². The van der Waals surface area contributed by atoms with Gasteiger partial charge >= 0.3 is 0 Å². The van der Waals surface area contributed by atoms with Crippen LogP contribution in [0.5, 0.6) is 0 Å². The Hall–Kier alpha value is -2.67. The van der Waals surface area contributed by atoms with E-state index in [4.69, 9.17) is 0 Å². The minimum atomic E-state index is -3.79. The van der Waals surface area contributed by atoms with Gasteiger partial charge in [-0.25, -0.2) is 12.9 Å². The van der Waals surface area contributed by atoms with Crippen molar-refractivity contribution in [2.24, 2.45) is 0 Å². The maximum atomic E-state index is 13.4. The third kappa shape index (κ3) is 3.09. The summed E-state index contributed by atoms with van der Waals surface area (Å²) in [7, 11) is -3.79. The first kappa shape index (κ1) is 18.7. The third-order valence-electron chi connectivity index (χ3n) is 5.59. The van der Waals surface area contributed by atoms with Gasteiger partial charge in [0, 0.05) is 18.3 Å². The monoisotopic (exact) mass is 397 g/mol. The Bertz CT molecular complexity index is 1080. The van der Waals surface area contributed by atoms with E-state index >= 15 is 0 Å². The second-order valence-corrected chi connectivity index (χ2v) is 9.51. The van der Waals surface area contributed by atoms with Crippen LogP contribution in [0.1, 0.15) is 37.7 Å². The number of hydrogen-bond acceptors (Lipinski definition) is 4. The van der Waals surface area contributed by atoms with Gasteiger partial charge in [-0.05, 0) is 37.1 Å². The van der Waals surface area contributed by atoms with Crippen molar-refractivity contribution >= 4 is 21.3 Å². The number of sulfone groups is 1. The fraction of sp³-hybridized carbons (Fsp3) is 0.333. The zero-order chi connectivity index (χ0) is 19.6. The lowest BCUT2D eigenvalue weighted by Gasteiger charge is -2.35. The summed E-state index contributed by atoms with van der Waals surface area (Å²) in [6, 6.07) is 14.0. The third-order valence-corrected chi connectivity index (χ3v) is 8.10. The number of rotatable bonds is 5. The van der Waals surface area contributed by atoms with Crippen molar-refractivity contribution in [1.29, 1.82) is 0 Å². The molecule has 0 aliphatic heterocycles. The van der Waals surface area contributed by atoms with Gasteiger partial charge < -0.3 is 5.32 Å². The van der Waals surface area contributed by atoms with Gasteiger partial charge in [0.15, 0.2) is 14.6 Å². The molecule has 28 heavy (non-hydrogen) atoms. The highest BCUT2D eigenvalue weighted by Gasteiger charge is 2.51. The van der Waals surface area contributed by atoms with Crippen LogP contribution >= 0.6 is 0 Å². The van der Waals surface area contributed by atoms with E-state index < -0.39 is 20.5 Å². The molecule has 4 rings (SSSR count). The Kier molecular flexibility index (Phi) is 4.93. The summed E-state index contributed by atoms with van der Waals surface area (Å²) in [5.41, 5.74) is 1.75. The summed E-state index contributed by atoms with van der Waals surface area (Å²) in [6.45, 7) is 0.248. The van der Waals surface area contributed by atoms with Crippen LogP contribution in [0.2, 0.25) is 0 Å². The molecule has 7 heteroatoms. The fourth-order valence-corrected chi connectivity index (χ4v) is 6.14. The van der Waals surface area contributed by atoms with Crippen LogP contribution in [0.3, 0.4) is 0 Å². The van der Waals surface area contributed by atoms with Gasteiger partial charge in [-0.2, -0.15) is 5.10 Å². The molecule has 0 atom stereocenters. The molecule has 1 aliphatic carbocycles. The molecule has 1 saturated carbocycles. The number of nitrogens with one attached hydrogen (secondary N) is 1. The molecule has 146 valence electrons. The Morgan fingerprint density at radius 3 is 2.50 bits per heavy atom. The van der Waals surface area contributed by atoms with Crippen LogP contribution in [-0.4, -0.2) is 28.7 Å². The molecule has 0 saturated heterocycles. The zero-order valence-corrected chi connectivity index (χ0v) is 16.4. The van der Waals surface area contributed by atoms with E-state index in [1.54, 1.807) is 41.0 Å². The fourth-order valence-electron chi connectivity index (χ4n) is 4.03. The van der Waals surface area contributed by atoms with Gasteiger partial charge in [0.1, 0.15) is 0 Å². The molecule has 0 spiro atoms. The Morgan fingerprint density at radius 2 is 1.75 bits per heavy atom. The number of amides is 1. The highest BCUT2D eigenvalue weighted by molar-refractivity contribution is 7.93. The van der Waals surface area contributed by atoms with E-state index in [-0.39, 0.29) is 11.4 Å². The molecule has 0 bridgehead atoms. The van der Waals surface area contributed by atoms with E-state index in [1.807, 2.05) is 24.4 Å². The van der Waals surface area contributed by atoms with Crippen LogP contribution < -0.4 is 5.32 Å². The summed E-state index contributed by atoms with van der Waals surface area (Å²) in [6.07, 6.45) is 6.66. The van der Waals surface area contributed by atoms with Gasteiger partial charge in [-0.3, -0.25) is 4.79 Å². The summed E-state index contributed by atoms with van der Waals surface area (Å²) in [5.74, 6) is -0.411. The quantitative estimate of drug-likeness (QED) is 0.717. The molecule has 1 fully saturated rings. The second kappa shape index (κ2) is 7.39. The molecule has 1 aromatic carbocycles. The molecule has 2 aromatic heterocycles. The van der Waals surface area contributed by atoms with Gasteiger partial charge in [-0.15, -0.1) is 0 Å². The van der Waals surface area contributed by atoms with Gasteiger partial charge in [0.2, 0.25) is 5.91 Å². The molecule has 1 amide bonds. The largest absolute Gasteiger partial charge is 0.350 e. The lowest BCUT2D eigenvalue weighted by atomic mass is 9.87. The van der Waals surface area contributed by atoms with Gasteiger partial charge in [0.05, 0.1) is 16.6 Å². The van der Waals surface area contributed by atoms with Crippen LogP contribution in [0, 0.1) is 0 Å². The Balaban J connectivity index is 1.63. The van der Waals surface area contributed by atoms with Gasteiger partial charge in [-0.1, -0.05) is 43.5 Å². The number of hydrogen-bond donors (Lipinski definition) is 1. The molecule has 3 aromatic rings. The first-order valence-electron chi connectivity index (χ1n) is 9.54. The van der Waals surface area contributed by atoms with E-state index in [0.717, 1.165) is 30.3 Å². The maximum absolute atomic E-state index is 13.4. The topological polar surface area (TPSA) is 80.5 Å². The average Bonchev–Trinajstić information content (AvgIpc) is 3.16. The lowest BCUT2D eigenvalue weighted by molar-refractivity contribution is -0.124. The number of carbonyl (C=O) groups excluding carboxylic acids is 1. The minimum Gasteiger partial charge on any atom is -0.350 e. The first-order valence-corrected chi connectivity index (χ1v) is 11.0. The average molecular weight is 398 g/mol. The Labute approximate surface area is 164 Å². The van der Waals surface area contributed by atoms with Crippen molar-refractivity contribution in [2.75, 3.05) is 0 Å². The Morgan fingerprint density at radius 1 is 1.04 bits per heavy atom. The molecular weight excluding hydrogens is 374 g/mol. The number of aromatic nitrogens is 2. The van der Waals surface area contributed by atoms with Crippen molar-refractivity contribution in [1.82, 2.24) is 14.9 Å². The van der Waals surface area contributed by atoms with Crippen molar-refractivity contribution in [3.05, 3.63) is 66.5 Å².